The van der Waals surface area contributed by atoms with E-state index in [0.29, 0.717) is 29.4 Å². The fourth-order valence-electron chi connectivity index (χ4n) is 2.71. The summed E-state index contributed by atoms with van der Waals surface area (Å²) in [5, 5.41) is 9.38. The van der Waals surface area contributed by atoms with Gasteiger partial charge in [-0.05, 0) is 37.3 Å². The summed E-state index contributed by atoms with van der Waals surface area (Å²) in [6, 6.07) is 9.35. The van der Waals surface area contributed by atoms with Crippen molar-refractivity contribution in [1.29, 1.82) is 0 Å². The first kappa shape index (κ1) is 19.8. The summed E-state index contributed by atoms with van der Waals surface area (Å²) in [7, 11) is 2.98. The maximum Gasteiger partial charge on any atom is 0.341 e. The molecule has 1 aromatic carbocycles. The molecular formula is C20H21N3O4S. The molecule has 0 spiro atoms. The molecule has 0 unspecified atom stereocenters. The molecule has 0 saturated heterocycles. The number of allylic oxidation sites excluding steroid dienone is 1. The number of rotatable bonds is 8. The van der Waals surface area contributed by atoms with Crippen LogP contribution in [0.5, 0.6) is 5.75 Å². The van der Waals surface area contributed by atoms with E-state index >= 15 is 0 Å². The van der Waals surface area contributed by atoms with E-state index in [4.69, 9.17) is 13.9 Å². The number of hydrogen-bond donors (Lipinski definition) is 0. The second kappa shape index (κ2) is 8.79. The van der Waals surface area contributed by atoms with Gasteiger partial charge in [0.05, 0.1) is 20.0 Å². The predicted octanol–water partition coefficient (Wildman–Crippen LogP) is 4.12. The van der Waals surface area contributed by atoms with Crippen LogP contribution in [-0.4, -0.2) is 35.0 Å². The van der Waals surface area contributed by atoms with Crippen molar-refractivity contribution in [2.24, 2.45) is 0 Å². The molecule has 0 fully saturated rings. The van der Waals surface area contributed by atoms with E-state index in [9.17, 15) is 4.79 Å². The Hall–Kier alpha value is -3.00. The van der Waals surface area contributed by atoms with Gasteiger partial charge in [0.25, 0.3) is 0 Å². The van der Waals surface area contributed by atoms with E-state index < -0.39 is 5.97 Å². The Labute approximate surface area is 167 Å². The average molecular weight is 399 g/mol. The Kier molecular flexibility index (Phi) is 6.20. The minimum absolute atomic E-state index is 0.408. The summed E-state index contributed by atoms with van der Waals surface area (Å²) < 4.78 is 17.6. The van der Waals surface area contributed by atoms with Crippen LogP contribution in [0.2, 0.25) is 0 Å². The molecular weight excluding hydrogens is 378 g/mol. The van der Waals surface area contributed by atoms with Gasteiger partial charge in [0.2, 0.25) is 0 Å². The van der Waals surface area contributed by atoms with Gasteiger partial charge in [-0.25, -0.2) is 4.79 Å². The number of aryl methyl sites for hydroxylation is 1. The Balaban J connectivity index is 1.81. The Morgan fingerprint density at radius 1 is 1.29 bits per heavy atom. The van der Waals surface area contributed by atoms with Gasteiger partial charge in [-0.3, -0.25) is 4.57 Å². The Morgan fingerprint density at radius 2 is 2.04 bits per heavy atom. The van der Waals surface area contributed by atoms with Crippen molar-refractivity contribution >= 4 is 17.7 Å². The molecule has 0 radical (unpaired) electrons. The number of nitrogens with zero attached hydrogens (tertiary/aromatic N) is 3. The number of carbonyl (C=O) groups excluding carboxylic acids is 1. The Morgan fingerprint density at radius 3 is 2.68 bits per heavy atom. The van der Waals surface area contributed by atoms with Gasteiger partial charge in [-0.2, -0.15) is 0 Å². The monoisotopic (exact) mass is 399 g/mol. The van der Waals surface area contributed by atoms with Gasteiger partial charge in [0.15, 0.2) is 11.0 Å². The van der Waals surface area contributed by atoms with E-state index in [2.05, 4.69) is 16.8 Å². The lowest BCUT2D eigenvalue weighted by Gasteiger charge is -2.08. The largest absolute Gasteiger partial charge is 0.497 e. The summed E-state index contributed by atoms with van der Waals surface area (Å²) in [5.41, 5.74) is 1.37. The number of benzene rings is 1. The molecule has 0 aliphatic carbocycles. The molecule has 0 bridgehead atoms. The van der Waals surface area contributed by atoms with Crippen molar-refractivity contribution in [3.63, 3.8) is 0 Å². The molecule has 146 valence electrons. The van der Waals surface area contributed by atoms with Crippen molar-refractivity contribution < 1.29 is 18.7 Å². The third kappa shape index (κ3) is 4.12. The number of thioether (sulfide) groups is 1. The van der Waals surface area contributed by atoms with E-state index in [1.807, 2.05) is 28.8 Å². The van der Waals surface area contributed by atoms with Crippen LogP contribution in [-0.2, 0) is 17.0 Å². The topological polar surface area (TPSA) is 79.4 Å². The van der Waals surface area contributed by atoms with Gasteiger partial charge in [-0.15, -0.1) is 16.8 Å². The highest BCUT2D eigenvalue weighted by molar-refractivity contribution is 7.98. The zero-order valence-corrected chi connectivity index (χ0v) is 16.8. The molecule has 0 aliphatic heterocycles. The zero-order valence-electron chi connectivity index (χ0n) is 16.0. The molecule has 0 aliphatic rings. The molecule has 0 amide bonds. The number of hydrogen-bond acceptors (Lipinski definition) is 7. The van der Waals surface area contributed by atoms with Crippen LogP contribution in [0.15, 0.2) is 52.6 Å². The zero-order chi connectivity index (χ0) is 20.1. The molecule has 8 heteroatoms. The number of furan rings is 1. The summed E-state index contributed by atoms with van der Waals surface area (Å²) >= 11 is 1.48. The van der Waals surface area contributed by atoms with Gasteiger partial charge in [-0.1, -0.05) is 17.8 Å². The lowest BCUT2D eigenvalue weighted by atomic mass is 10.2. The van der Waals surface area contributed by atoms with Crippen LogP contribution >= 0.6 is 11.8 Å². The van der Waals surface area contributed by atoms with Crippen LogP contribution in [0.4, 0.5) is 0 Å². The van der Waals surface area contributed by atoms with Gasteiger partial charge >= 0.3 is 5.97 Å². The fraction of sp³-hybridized carbons (Fsp3) is 0.250. The first-order valence-electron chi connectivity index (χ1n) is 8.56. The summed E-state index contributed by atoms with van der Waals surface area (Å²) in [4.78, 5) is 11.7. The summed E-state index contributed by atoms with van der Waals surface area (Å²) in [6.07, 6.45) is 1.80. The minimum Gasteiger partial charge on any atom is -0.497 e. The molecule has 3 aromatic rings. The highest BCUT2D eigenvalue weighted by Gasteiger charge is 2.18. The summed E-state index contributed by atoms with van der Waals surface area (Å²) in [6.45, 7) is 6.13. The number of aromatic nitrogens is 3. The van der Waals surface area contributed by atoms with Crippen LogP contribution in [0.1, 0.15) is 21.9 Å². The number of methoxy groups -OCH3 is 2. The van der Waals surface area contributed by atoms with E-state index in [-0.39, 0.29) is 0 Å². The van der Waals surface area contributed by atoms with Crippen LogP contribution in [0, 0.1) is 6.92 Å². The smallest absolute Gasteiger partial charge is 0.341 e. The lowest BCUT2D eigenvalue weighted by molar-refractivity contribution is 0.0599. The lowest BCUT2D eigenvalue weighted by Crippen LogP contribution is -2.01. The molecule has 7 nitrogen and oxygen atoms in total. The first-order chi connectivity index (χ1) is 13.6. The number of ether oxygens (including phenoxy) is 2. The average Bonchev–Trinajstić information content (AvgIpc) is 3.29. The molecule has 0 saturated carbocycles. The quantitative estimate of drug-likeness (QED) is 0.320. The van der Waals surface area contributed by atoms with Crippen molar-refractivity contribution in [3.05, 3.63) is 60.1 Å². The molecule has 0 N–H and O–H groups in total. The van der Waals surface area contributed by atoms with Crippen LogP contribution in [0.3, 0.4) is 0 Å². The van der Waals surface area contributed by atoms with E-state index in [1.165, 1.54) is 18.9 Å². The number of carbonyl (C=O) groups is 1. The van der Waals surface area contributed by atoms with Crippen LogP contribution < -0.4 is 4.74 Å². The number of esters is 1. The normalized spacial score (nSPS) is 10.7. The molecule has 28 heavy (non-hydrogen) atoms. The predicted molar refractivity (Wildman–Crippen MR) is 107 cm³/mol. The third-order valence-corrected chi connectivity index (χ3v) is 5.08. The highest BCUT2D eigenvalue weighted by Crippen LogP contribution is 2.29. The summed E-state index contributed by atoms with van der Waals surface area (Å²) in [5.74, 6) is 2.83. The minimum atomic E-state index is -0.408. The van der Waals surface area contributed by atoms with Crippen molar-refractivity contribution in [3.8, 4) is 17.1 Å². The van der Waals surface area contributed by atoms with Crippen molar-refractivity contribution in [1.82, 2.24) is 14.8 Å². The second-order valence-electron chi connectivity index (χ2n) is 5.90. The Bertz CT molecular complexity index is 976. The van der Waals surface area contributed by atoms with Gasteiger partial charge in [0, 0.05) is 12.1 Å². The fourth-order valence-corrected chi connectivity index (χ4v) is 3.53. The first-order valence-corrected chi connectivity index (χ1v) is 9.54. The molecule has 3 rings (SSSR count). The SMILES string of the molecule is C=CCn1c(SCc2cc(C(=O)OC)c(C)o2)nnc1-c1ccc(OC)cc1. The van der Waals surface area contributed by atoms with Crippen LogP contribution in [0.25, 0.3) is 11.4 Å². The van der Waals surface area contributed by atoms with Gasteiger partial charge < -0.3 is 13.9 Å². The molecule has 2 heterocycles. The maximum atomic E-state index is 11.7. The second-order valence-corrected chi connectivity index (χ2v) is 6.84. The van der Waals surface area contributed by atoms with Crippen molar-refractivity contribution in [2.45, 2.75) is 24.4 Å². The van der Waals surface area contributed by atoms with E-state index in [0.717, 1.165) is 22.3 Å². The van der Waals surface area contributed by atoms with Crippen molar-refractivity contribution in [2.75, 3.05) is 14.2 Å². The third-order valence-electron chi connectivity index (χ3n) is 4.09. The standard InChI is InChI=1S/C20H21N3O4S/c1-5-10-23-18(14-6-8-15(25-3)9-7-14)21-22-20(23)28-12-16-11-17(13(2)27-16)19(24)26-4/h5-9,11H,1,10,12H2,2-4H3. The highest BCUT2D eigenvalue weighted by atomic mass is 32.2. The molecule has 2 aromatic heterocycles. The van der Waals surface area contributed by atoms with E-state index in [1.54, 1.807) is 26.2 Å². The van der Waals surface area contributed by atoms with Gasteiger partial charge in [0.1, 0.15) is 22.8 Å². The maximum absolute atomic E-state index is 11.7. The molecule has 0 atom stereocenters.